The van der Waals surface area contributed by atoms with E-state index in [4.69, 9.17) is 0 Å². The van der Waals surface area contributed by atoms with Crippen LogP contribution in [0.3, 0.4) is 0 Å². The van der Waals surface area contributed by atoms with Crippen LogP contribution in [-0.4, -0.2) is 30.9 Å². The zero-order chi connectivity index (χ0) is 14.0. The van der Waals surface area contributed by atoms with Crippen molar-refractivity contribution in [2.75, 3.05) is 25.5 Å². The summed E-state index contributed by atoms with van der Waals surface area (Å²) < 4.78 is 0. The molecular formula is C16H24N2O. The molecule has 3 nitrogen and oxygen atoms in total. The zero-order valence-electron chi connectivity index (χ0n) is 12.4. The molecule has 1 amide bonds. The third kappa shape index (κ3) is 3.16. The maximum atomic E-state index is 12.3. The predicted molar refractivity (Wildman–Crippen MR) is 79.5 cm³/mol. The number of likely N-dealkylation sites (tertiary alicyclic amines) is 1. The molecule has 1 saturated heterocycles. The Morgan fingerprint density at radius 1 is 1.42 bits per heavy atom. The lowest BCUT2D eigenvalue weighted by atomic mass is 9.97. The number of rotatable bonds is 3. The van der Waals surface area contributed by atoms with Crippen LogP contribution in [0.25, 0.3) is 0 Å². The van der Waals surface area contributed by atoms with Gasteiger partial charge in [0.25, 0.3) is 0 Å². The second-order valence-corrected chi connectivity index (χ2v) is 5.93. The summed E-state index contributed by atoms with van der Waals surface area (Å²) in [4.78, 5) is 14.6. The Morgan fingerprint density at radius 3 is 2.74 bits per heavy atom. The van der Waals surface area contributed by atoms with Crippen molar-refractivity contribution in [1.29, 1.82) is 0 Å². The highest BCUT2D eigenvalue weighted by Crippen LogP contribution is 2.28. The fourth-order valence-electron chi connectivity index (χ4n) is 2.72. The molecule has 0 radical (unpaired) electrons. The summed E-state index contributed by atoms with van der Waals surface area (Å²) in [5.41, 5.74) is 3.38. The topological polar surface area (TPSA) is 32.3 Å². The number of benzene rings is 1. The van der Waals surface area contributed by atoms with E-state index in [-0.39, 0.29) is 11.8 Å². The molecule has 104 valence electrons. The summed E-state index contributed by atoms with van der Waals surface area (Å²) in [6.45, 7) is 8.27. The first-order valence-electron chi connectivity index (χ1n) is 7.08. The molecule has 2 rings (SSSR count). The molecule has 1 aromatic rings. The van der Waals surface area contributed by atoms with Crippen LogP contribution >= 0.6 is 0 Å². The van der Waals surface area contributed by atoms with Crippen molar-refractivity contribution in [1.82, 2.24) is 4.90 Å². The van der Waals surface area contributed by atoms with E-state index in [1.54, 1.807) is 0 Å². The van der Waals surface area contributed by atoms with E-state index in [0.29, 0.717) is 5.92 Å². The molecular weight excluding hydrogens is 236 g/mol. The van der Waals surface area contributed by atoms with Crippen LogP contribution in [0.1, 0.15) is 37.3 Å². The molecule has 0 saturated carbocycles. The summed E-state index contributed by atoms with van der Waals surface area (Å²) >= 11 is 0. The normalized spacial score (nSPS) is 19.9. The molecule has 1 aliphatic rings. The van der Waals surface area contributed by atoms with Gasteiger partial charge in [-0.1, -0.05) is 32.0 Å². The van der Waals surface area contributed by atoms with E-state index in [0.717, 1.165) is 30.8 Å². The number of amides is 1. The van der Waals surface area contributed by atoms with E-state index in [1.165, 1.54) is 5.56 Å². The molecule has 1 unspecified atom stereocenters. The number of carbonyl (C=O) groups is 1. The van der Waals surface area contributed by atoms with Crippen molar-refractivity contribution in [2.24, 2.45) is 5.92 Å². The van der Waals surface area contributed by atoms with Crippen LogP contribution in [0.4, 0.5) is 5.69 Å². The molecule has 1 aromatic carbocycles. The number of hydrogen-bond donors (Lipinski definition) is 1. The summed E-state index contributed by atoms with van der Waals surface area (Å²) in [5, 5.41) is 3.16. The fourth-order valence-corrected chi connectivity index (χ4v) is 2.72. The van der Waals surface area contributed by atoms with Crippen molar-refractivity contribution in [2.45, 2.75) is 33.1 Å². The van der Waals surface area contributed by atoms with Crippen molar-refractivity contribution in [3.63, 3.8) is 0 Å². The Morgan fingerprint density at radius 2 is 2.16 bits per heavy atom. The molecule has 1 fully saturated rings. The van der Waals surface area contributed by atoms with Crippen molar-refractivity contribution in [3.8, 4) is 0 Å². The SMILES string of the molecule is Cc1cccc(C(C)C)c1NC(=O)C1CCN(C)C1. The van der Waals surface area contributed by atoms with Crippen LogP contribution in [0, 0.1) is 12.8 Å². The number of nitrogens with one attached hydrogen (secondary N) is 1. The number of anilines is 1. The van der Waals surface area contributed by atoms with Gasteiger partial charge in [0.1, 0.15) is 0 Å². The number of nitrogens with zero attached hydrogens (tertiary/aromatic N) is 1. The quantitative estimate of drug-likeness (QED) is 0.906. The van der Waals surface area contributed by atoms with Gasteiger partial charge in [0.15, 0.2) is 0 Å². The van der Waals surface area contributed by atoms with Crippen molar-refractivity contribution >= 4 is 11.6 Å². The average Bonchev–Trinajstić information content (AvgIpc) is 2.78. The molecule has 0 aromatic heterocycles. The van der Waals surface area contributed by atoms with Gasteiger partial charge in [-0.2, -0.15) is 0 Å². The van der Waals surface area contributed by atoms with Gasteiger partial charge in [0.05, 0.1) is 5.92 Å². The van der Waals surface area contributed by atoms with Crippen LogP contribution in [0.15, 0.2) is 18.2 Å². The first-order valence-corrected chi connectivity index (χ1v) is 7.08. The minimum Gasteiger partial charge on any atom is -0.325 e. The average molecular weight is 260 g/mol. The Kier molecular flexibility index (Phi) is 4.25. The highest BCUT2D eigenvalue weighted by molar-refractivity contribution is 5.94. The van der Waals surface area contributed by atoms with Crippen molar-refractivity contribution < 1.29 is 4.79 Å². The smallest absolute Gasteiger partial charge is 0.228 e. The molecule has 1 atom stereocenters. The largest absolute Gasteiger partial charge is 0.325 e. The minimum atomic E-state index is 0.129. The molecule has 19 heavy (non-hydrogen) atoms. The van der Waals surface area contributed by atoms with E-state index in [9.17, 15) is 4.79 Å². The van der Waals surface area contributed by atoms with Crippen molar-refractivity contribution in [3.05, 3.63) is 29.3 Å². The Bertz CT molecular complexity index is 468. The van der Waals surface area contributed by atoms with Gasteiger partial charge >= 0.3 is 0 Å². The third-order valence-electron chi connectivity index (χ3n) is 3.94. The van der Waals surface area contributed by atoms with Gasteiger partial charge in [-0.05, 0) is 44.0 Å². The monoisotopic (exact) mass is 260 g/mol. The zero-order valence-corrected chi connectivity index (χ0v) is 12.4. The van der Waals surface area contributed by atoms with Gasteiger partial charge in [0.2, 0.25) is 5.91 Å². The minimum absolute atomic E-state index is 0.129. The van der Waals surface area contributed by atoms with Crippen LogP contribution in [0.5, 0.6) is 0 Å². The van der Waals surface area contributed by atoms with Gasteiger partial charge in [-0.15, -0.1) is 0 Å². The molecule has 1 heterocycles. The van der Waals surface area contributed by atoms with Gasteiger partial charge in [0, 0.05) is 12.2 Å². The Labute approximate surface area is 116 Å². The molecule has 0 bridgehead atoms. The Hall–Kier alpha value is -1.35. The summed E-state index contributed by atoms with van der Waals surface area (Å²) in [5.74, 6) is 0.714. The van der Waals surface area contributed by atoms with E-state index >= 15 is 0 Å². The van der Waals surface area contributed by atoms with E-state index in [1.807, 2.05) is 0 Å². The number of aryl methyl sites for hydroxylation is 1. The highest BCUT2D eigenvalue weighted by Gasteiger charge is 2.26. The van der Waals surface area contributed by atoms with E-state index < -0.39 is 0 Å². The molecule has 3 heteroatoms. The van der Waals surface area contributed by atoms with Gasteiger partial charge < -0.3 is 10.2 Å². The first-order chi connectivity index (χ1) is 8.99. The lowest BCUT2D eigenvalue weighted by Crippen LogP contribution is -2.26. The Balaban J connectivity index is 2.16. The maximum absolute atomic E-state index is 12.3. The van der Waals surface area contributed by atoms with Gasteiger partial charge in [-0.3, -0.25) is 4.79 Å². The third-order valence-corrected chi connectivity index (χ3v) is 3.94. The predicted octanol–water partition coefficient (Wildman–Crippen LogP) is 3.01. The summed E-state index contributed by atoms with van der Waals surface area (Å²) in [6.07, 6.45) is 0.964. The molecule has 0 spiro atoms. The summed E-state index contributed by atoms with van der Waals surface area (Å²) in [6, 6.07) is 6.22. The molecule has 0 aliphatic carbocycles. The lowest BCUT2D eigenvalue weighted by Gasteiger charge is -2.18. The van der Waals surface area contributed by atoms with E-state index in [2.05, 4.69) is 56.2 Å². The molecule has 1 N–H and O–H groups in total. The second kappa shape index (κ2) is 5.74. The van der Waals surface area contributed by atoms with Gasteiger partial charge in [-0.25, -0.2) is 0 Å². The maximum Gasteiger partial charge on any atom is 0.228 e. The number of hydrogen-bond acceptors (Lipinski definition) is 2. The standard InChI is InChI=1S/C16H24N2O/c1-11(2)14-7-5-6-12(3)15(14)17-16(19)13-8-9-18(4)10-13/h5-7,11,13H,8-10H2,1-4H3,(H,17,19). The van der Waals surface area contributed by atoms with Crippen LogP contribution < -0.4 is 5.32 Å². The fraction of sp³-hybridized carbons (Fsp3) is 0.562. The second-order valence-electron chi connectivity index (χ2n) is 5.93. The highest BCUT2D eigenvalue weighted by atomic mass is 16.1. The molecule has 1 aliphatic heterocycles. The van der Waals surface area contributed by atoms with Crippen LogP contribution in [0.2, 0.25) is 0 Å². The lowest BCUT2D eigenvalue weighted by molar-refractivity contribution is -0.119. The number of para-hydroxylation sites is 1. The summed E-state index contributed by atoms with van der Waals surface area (Å²) in [7, 11) is 2.07. The van der Waals surface area contributed by atoms with Crippen LogP contribution in [-0.2, 0) is 4.79 Å². The number of carbonyl (C=O) groups excluding carboxylic acids is 1. The first kappa shape index (κ1) is 14.1.